The second-order valence-corrected chi connectivity index (χ2v) is 9.77. The summed E-state index contributed by atoms with van der Waals surface area (Å²) in [5.41, 5.74) is 1.36. The number of β-lactam (4-membered cyclic amide) rings is 1. The molecule has 1 aromatic rings. The average Bonchev–Trinajstić information content (AvgIpc) is 2.87. The van der Waals surface area contributed by atoms with Gasteiger partial charge in [0.1, 0.15) is 6.61 Å². The normalized spacial score (nSPS) is 17.6. The molecule has 4 amide bonds. The monoisotopic (exact) mass is 502 g/mol. The second-order valence-electron chi connectivity index (χ2n) is 9.77. The Balaban J connectivity index is 2.14. The van der Waals surface area contributed by atoms with Gasteiger partial charge in [0, 0.05) is 19.6 Å². The highest BCUT2D eigenvalue weighted by atomic mass is 16.5. The summed E-state index contributed by atoms with van der Waals surface area (Å²) < 4.78 is 6.06. The van der Waals surface area contributed by atoms with Crippen molar-refractivity contribution in [1.82, 2.24) is 20.0 Å². The van der Waals surface area contributed by atoms with Crippen molar-refractivity contribution in [3.8, 4) is 0 Å². The van der Waals surface area contributed by atoms with E-state index < -0.39 is 17.7 Å². The van der Waals surface area contributed by atoms with E-state index in [9.17, 15) is 14.4 Å². The lowest BCUT2D eigenvalue weighted by Gasteiger charge is -2.53. The number of rotatable bonds is 14. The molecule has 2 atom stereocenters. The summed E-state index contributed by atoms with van der Waals surface area (Å²) in [4.78, 5) is 44.6. The minimum absolute atomic E-state index is 0.133. The van der Waals surface area contributed by atoms with E-state index >= 15 is 0 Å². The van der Waals surface area contributed by atoms with Crippen molar-refractivity contribution in [1.29, 1.82) is 0 Å². The third-order valence-corrected chi connectivity index (χ3v) is 7.58. The summed E-state index contributed by atoms with van der Waals surface area (Å²) in [7, 11) is 2.02. The Morgan fingerprint density at radius 3 is 2.22 bits per heavy atom. The number of benzene rings is 1. The maximum atomic E-state index is 13.3. The highest BCUT2D eigenvalue weighted by molar-refractivity contribution is 6.03. The van der Waals surface area contributed by atoms with Crippen molar-refractivity contribution in [2.24, 2.45) is 5.41 Å². The fraction of sp³-hybridized carbons (Fsp3) is 0.679. The minimum atomic E-state index is -0.790. The van der Waals surface area contributed by atoms with Crippen LogP contribution in [0.25, 0.3) is 0 Å². The van der Waals surface area contributed by atoms with E-state index in [1.807, 2.05) is 59.0 Å². The van der Waals surface area contributed by atoms with Crippen molar-refractivity contribution < 1.29 is 19.1 Å². The molecule has 8 nitrogen and oxygen atoms in total. The van der Waals surface area contributed by atoms with Crippen LogP contribution in [-0.4, -0.2) is 78.6 Å². The molecule has 0 aliphatic carbocycles. The van der Waals surface area contributed by atoms with E-state index in [-0.39, 0.29) is 24.5 Å². The first-order valence-electron chi connectivity index (χ1n) is 13.5. The van der Waals surface area contributed by atoms with Crippen LogP contribution in [0.4, 0.5) is 4.79 Å². The summed E-state index contributed by atoms with van der Waals surface area (Å²) in [6.07, 6.45) is 1.96. The van der Waals surface area contributed by atoms with Crippen LogP contribution < -0.4 is 5.32 Å². The Bertz CT molecular complexity index is 869. The van der Waals surface area contributed by atoms with Gasteiger partial charge in [-0.15, -0.1) is 0 Å². The Morgan fingerprint density at radius 1 is 1.06 bits per heavy atom. The molecule has 8 heteroatoms. The Labute approximate surface area is 217 Å². The molecule has 1 aliphatic rings. The van der Waals surface area contributed by atoms with Crippen molar-refractivity contribution in [2.75, 3.05) is 39.8 Å². The van der Waals surface area contributed by atoms with Gasteiger partial charge in [-0.2, -0.15) is 0 Å². The highest BCUT2D eigenvalue weighted by Crippen LogP contribution is 2.46. The molecule has 1 unspecified atom stereocenters. The van der Waals surface area contributed by atoms with Gasteiger partial charge in [-0.25, -0.2) is 9.69 Å². The minimum Gasteiger partial charge on any atom is -0.347 e. The maximum Gasteiger partial charge on any atom is 0.326 e. The first-order valence-corrected chi connectivity index (χ1v) is 13.5. The summed E-state index contributed by atoms with van der Waals surface area (Å²) in [6.45, 7) is 14.7. The van der Waals surface area contributed by atoms with Gasteiger partial charge in [-0.1, -0.05) is 63.9 Å². The molecule has 1 aromatic carbocycles. The molecule has 0 aromatic heterocycles. The third-order valence-electron chi connectivity index (χ3n) is 7.58. The Hall–Kier alpha value is -2.45. The van der Waals surface area contributed by atoms with E-state index in [0.717, 1.165) is 37.1 Å². The van der Waals surface area contributed by atoms with Gasteiger partial charge in [0.15, 0.2) is 6.23 Å². The molecule has 36 heavy (non-hydrogen) atoms. The number of carbonyl (C=O) groups is 3. The quantitative estimate of drug-likeness (QED) is 0.383. The van der Waals surface area contributed by atoms with Crippen LogP contribution in [-0.2, 0) is 14.3 Å². The van der Waals surface area contributed by atoms with Gasteiger partial charge in [0.25, 0.3) is 0 Å². The summed E-state index contributed by atoms with van der Waals surface area (Å²) in [5, 5.41) is 3.05. The second kappa shape index (κ2) is 13.7. The molecule has 0 radical (unpaired) electrons. The molecule has 1 N–H and O–H groups in total. The number of carbonyl (C=O) groups excluding carboxylic acids is 3. The molecule has 0 spiro atoms. The maximum absolute atomic E-state index is 13.3. The molecule has 0 saturated carbocycles. The van der Waals surface area contributed by atoms with E-state index in [0.29, 0.717) is 25.9 Å². The Morgan fingerprint density at radius 2 is 1.69 bits per heavy atom. The number of urea groups is 1. The number of hydrogen-bond acceptors (Lipinski definition) is 5. The smallest absolute Gasteiger partial charge is 0.326 e. The lowest BCUT2D eigenvalue weighted by molar-refractivity contribution is -0.212. The predicted molar refractivity (Wildman–Crippen MR) is 142 cm³/mol. The molecule has 1 aliphatic heterocycles. The number of amides is 4. The van der Waals surface area contributed by atoms with E-state index in [4.69, 9.17) is 4.74 Å². The number of imide groups is 1. The zero-order valence-electron chi connectivity index (χ0n) is 23.3. The van der Waals surface area contributed by atoms with Crippen LogP contribution in [0.15, 0.2) is 24.3 Å². The summed E-state index contributed by atoms with van der Waals surface area (Å²) in [5.74, 6) is -0.371. The zero-order valence-corrected chi connectivity index (χ0v) is 23.3. The predicted octanol–water partition coefficient (Wildman–Crippen LogP) is 4.34. The van der Waals surface area contributed by atoms with Crippen LogP contribution in [0.2, 0.25) is 0 Å². The number of hydrogen-bond donors (Lipinski definition) is 1. The van der Waals surface area contributed by atoms with E-state index in [1.54, 1.807) is 4.90 Å². The third kappa shape index (κ3) is 6.65. The number of nitrogens with one attached hydrogen (secondary N) is 1. The molecular formula is C28H46N4O4. The van der Waals surface area contributed by atoms with Crippen LogP contribution in [0.1, 0.15) is 77.5 Å². The van der Waals surface area contributed by atoms with Gasteiger partial charge in [-0.05, 0) is 52.3 Å². The van der Waals surface area contributed by atoms with Crippen LogP contribution >= 0.6 is 0 Å². The molecule has 1 fully saturated rings. The average molecular weight is 503 g/mol. The summed E-state index contributed by atoms with van der Waals surface area (Å²) in [6, 6.07) is 7.39. The van der Waals surface area contributed by atoms with Crippen molar-refractivity contribution in [3.05, 3.63) is 35.4 Å². The molecule has 1 heterocycles. The van der Waals surface area contributed by atoms with Crippen LogP contribution in [0, 0.1) is 12.3 Å². The summed E-state index contributed by atoms with van der Waals surface area (Å²) >= 11 is 0. The van der Waals surface area contributed by atoms with Gasteiger partial charge in [0.05, 0.1) is 11.5 Å². The number of likely N-dealkylation sites (tertiary alicyclic amines) is 1. The lowest BCUT2D eigenvalue weighted by atomic mass is 9.72. The van der Waals surface area contributed by atoms with Crippen LogP contribution in [0.3, 0.4) is 0 Å². The number of aryl methyl sites for hydroxylation is 1. The SMILES string of the molecule is CCC[C@@H](NC(=O)N1C(=O)C(CC)(CC)C1OCC(=O)N(CC)CCN(C)CC)c1ccc(C)cc1. The largest absolute Gasteiger partial charge is 0.347 e. The van der Waals surface area contributed by atoms with Crippen LogP contribution in [0.5, 0.6) is 0 Å². The molecule has 2 rings (SSSR count). The lowest BCUT2D eigenvalue weighted by Crippen LogP contribution is -2.72. The number of likely N-dealkylation sites (N-methyl/N-ethyl adjacent to an activating group) is 2. The van der Waals surface area contributed by atoms with E-state index in [1.165, 1.54) is 4.90 Å². The molecule has 0 bridgehead atoms. The van der Waals surface area contributed by atoms with Crippen molar-refractivity contribution in [2.45, 2.75) is 79.5 Å². The Kier molecular flexibility index (Phi) is 11.4. The topological polar surface area (TPSA) is 82.2 Å². The van der Waals surface area contributed by atoms with Gasteiger partial charge < -0.3 is 19.9 Å². The number of ether oxygens (including phenoxy) is 1. The fourth-order valence-corrected chi connectivity index (χ4v) is 4.75. The van der Waals surface area contributed by atoms with Crippen molar-refractivity contribution >= 4 is 17.8 Å². The van der Waals surface area contributed by atoms with Gasteiger partial charge in [-0.3, -0.25) is 9.59 Å². The standard InChI is InChI=1S/C28H46N4O4/c1-8-13-23(22-16-14-21(6)15-17-22)29-27(35)32-25(34)28(9-2,10-3)26(32)36-20-24(33)31(12-5)19-18-30(7)11-4/h14-17,23,26H,8-13,18-20H2,1-7H3,(H,29,35)/t23-,26?/m1/s1. The highest BCUT2D eigenvalue weighted by Gasteiger charge is 2.62. The molecular weight excluding hydrogens is 456 g/mol. The number of nitrogens with zero attached hydrogens (tertiary/aromatic N) is 3. The zero-order chi connectivity index (χ0) is 26.9. The molecule has 1 saturated heterocycles. The van der Waals surface area contributed by atoms with Crippen molar-refractivity contribution in [3.63, 3.8) is 0 Å². The molecule has 202 valence electrons. The first-order chi connectivity index (χ1) is 17.2. The van der Waals surface area contributed by atoms with Gasteiger partial charge >= 0.3 is 6.03 Å². The van der Waals surface area contributed by atoms with Gasteiger partial charge in [0.2, 0.25) is 11.8 Å². The van der Waals surface area contributed by atoms with E-state index in [2.05, 4.69) is 24.1 Å². The first kappa shape index (κ1) is 29.8. The fourth-order valence-electron chi connectivity index (χ4n) is 4.75.